The number of hydrogen-bond acceptors (Lipinski definition) is 7. The SMILES string of the molecule is CC[C@H](C)Cc1c(C)sc2nc(CSc3n[nH]c(N)n3)[nH]c(=O)c12. The quantitative estimate of drug-likeness (QED) is 0.580. The van der Waals surface area contributed by atoms with E-state index in [0.29, 0.717) is 22.7 Å². The van der Waals surface area contributed by atoms with E-state index in [-0.39, 0.29) is 11.5 Å². The Kier molecular flexibility index (Phi) is 4.91. The number of nitrogen functional groups attached to an aromatic ring is 1. The Morgan fingerprint density at radius 1 is 1.38 bits per heavy atom. The van der Waals surface area contributed by atoms with Crippen LogP contribution in [-0.4, -0.2) is 25.1 Å². The summed E-state index contributed by atoms with van der Waals surface area (Å²) in [6.45, 7) is 6.44. The van der Waals surface area contributed by atoms with Gasteiger partial charge in [-0.15, -0.1) is 16.4 Å². The second kappa shape index (κ2) is 6.94. The van der Waals surface area contributed by atoms with Crippen LogP contribution in [0.4, 0.5) is 5.95 Å². The van der Waals surface area contributed by atoms with E-state index in [1.165, 1.54) is 16.6 Å². The molecule has 0 fully saturated rings. The minimum absolute atomic E-state index is 0.0623. The number of fused-ring (bicyclic) bond motifs is 1. The van der Waals surface area contributed by atoms with E-state index < -0.39 is 0 Å². The Hall–Kier alpha value is -1.87. The number of thioether (sulfide) groups is 1. The molecular formula is C15H20N6OS2. The maximum atomic E-state index is 12.6. The topological polar surface area (TPSA) is 113 Å². The van der Waals surface area contributed by atoms with Gasteiger partial charge in [0.05, 0.1) is 11.1 Å². The van der Waals surface area contributed by atoms with Gasteiger partial charge >= 0.3 is 0 Å². The molecule has 4 N–H and O–H groups in total. The lowest BCUT2D eigenvalue weighted by Crippen LogP contribution is -2.12. The number of nitrogens with two attached hydrogens (primary N) is 1. The number of nitrogens with zero attached hydrogens (tertiary/aromatic N) is 3. The van der Waals surface area contributed by atoms with Crippen LogP contribution in [0.5, 0.6) is 0 Å². The van der Waals surface area contributed by atoms with Gasteiger partial charge in [-0.2, -0.15) is 4.98 Å². The fraction of sp³-hybridized carbons (Fsp3) is 0.467. The van der Waals surface area contributed by atoms with Gasteiger partial charge in [0.15, 0.2) is 0 Å². The number of aromatic amines is 2. The van der Waals surface area contributed by atoms with E-state index >= 15 is 0 Å². The molecule has 3 rings (SSSR count). The molecule has 0 amide bonds. The minimum atomic E-state index is -0.0623. The van der Waals surface area contributed by atoms with Gasteiger partial charge in [0.2, 0.25) is 11.1 Å². The molecule has 0 saturated carbocycles. The first-order valence-electron chi connectivity index (χ1n) is 7.79. The smallest absolute Gasteiger partial charge is 0.259 e. The summed E-state index contributed by atoms with van der Waals surface area (Å²) in [5.74, 6) is 1.93. The molecule has 1 atom stereocenters. The first-order chi connectivity index (χ1) is 11.5. The monoisotopic (exact) mass is 364 g/mol. The Morgan fingerprint density at radius 3 is 2.83 bits per heavy atom. The maximum absolute atomic E-state index is 12.6. The average Bonchev–Trinajstić information content (AvgIpc) is 3.09. The fourth-order valence-corrected chi connectivity index (χ4v) is 4.23. The van der Waals surface area contributed by atoms with Crippen molar-refractivity contribution in [2.45, 2.75) is 44.5 Å². The molecule has 0 aliphatic heterocycles. The van der Waals surface area contributed by atoms with Gasteiger partial charge in [-0.05, 0) is 24.8 Å². The predicted molar refractivity (Wildman–Crippen MR) is 98.5 cm³/mol. The molecule has 3 aromatic heterocycles. The van der Waals surface area contributed by atoms with E-state index in [1.54, 1.807) is 11.3 Å². The highest BCUT2D eigenvalue weighted by atomic mass is 32.2. The summed E-state index contributed by atoms with van der Waals surface area (Å²) in [6.07, 6.45) is 2.01. The minimum Gasteiger partial charge on any atom is -0.368 e. The van der Waals surface area contributed by atoms with Gasteiger partial charge in [-0.25, -0.2) is 10.1 Å². The molecule has 9 heteroatoms. The first-order valence-corrected chi connectivity index (χ1v) is 9.60. The number of hydrogen-bond donors (Lipinski definition) is 3. The van der Waals surface area contributed by atoms with E-state index in [4.69, 9.17) is 5.73 Å². The molecule has 0 aliphatic carbocycles. The van der Waals surface area contributed by atoms with Gasteiger partial charge in [0.25, 0.3) is 5.56 Å². The lowest BCUT2D eigenvalue weighted by atomic mass is 9.98. The molecule has 0 radical (unpaired) electrons. The van der Waals surface area contributed by atoms with Crippen LogP contribution < -0.4 is 11.3 Å². The van der Waals surface area contributed by atoms with Crippen molar-refractivity contribution < 1.29 is 0 Å². The van der Waals surface area contributed by atoms with Crippen molar-refractivity contribution in [2.75, 3.05) is 5.73 Å². The highest BCUT2D eigenvalue weighted by molar-refractivity contribution is 7.98. The van der Waals surface area contributed by atoms with Crippen LogP contribution in [0.1, 0.15) is 36.5 Å². The summed E-state index contributed by atoms with van der Waals surface area (Å²) in [4.78, 5) is 26.1. The van der Waals surface area contributed by atoms with Gasteiger partial charge in [0, 0.05) is 4.88 Å². The zero-order valence-electron chi connectivity index (χ0n) is 13.8. The lowest BCUT2D eigenvalue weighted by molar-refractivity contribution is 0.561. The van der Waals surface area contributed by atoms with Crippen molar-refractivity contribution >= 4 is 39.3 Å². The number of thiophene rings is 1. The third-order valence-corrected chi connectivity index (χ3v) is 5.88. The van der Waals surface area contributed by atoms with Crippen molar-refractivity contribution in [1.82, 2.24) is 25.1 Å². The summed E-state index contributed by atoms with van der Waals surface area (Å²) in [6, 6.07) is 0. The summed E-state index contributed by atoms with van der Waals surface area (Å²) < 4.78 is 0. The predicted octanol–water partition coefficient (Wildman–Crippen LogP) is 2.87. The van der Waals surface area contributed by atoms with Crippen LogP contribution in [0.2, 0.25) is 0 Å². The Bertz CT molecular complexity index is 912. The van der Waals surface area contributed by atoms with Crippen LogP contribution in [0.15, 0.2) is 9.95 Å². The first kappa shape index (κ1) is 17.0. The van der Waals surface area contributed by atoms with Crippen LogP contribution >= 0.6 is 23.1 Å². The zero-order valence-corrected chi connectivity index (χ0v) is 15.5. The molecule has 7 nitrogen and oxygen atoms in total. The summed E-state index contributed by atoms with van der Waals surface area (Å²) in [5, 5.41) is 7.83. The van der Waals surface area contributed by atoms with Crippen molar-refractivity contribution in [2.24, 2.45) is 5.92 Å². The van der Waals surface area contributed by atoms with Crippen LogP contribution in [-0.2, 0) is 12.2 Å². The van der Waals surface area contributed by atoms with Crippen LogP contribution in [0, 0.1) is 12.8 Å². The number of anilines is 1. The van der Waals surface area contributed by atoms with Crippen molar-refractivity contribution in [3.8, 4) is 0 Å². The molecule has 0 saturated heterocycles. The molecule has 128 valence electrons. The second-order valence-electron chi connectivity index (χ2n) is 5.84. The van der Waals surface area contributed by atoms with Gasteiger partial charge in [-0.1, -0.05) is 32.0 Å². The Labute approximate surface area is 147 Å². The molecule has 0 bridgehead atoms. The number of aryl methyl sites for hydroxylation is 1. The third kappa shape index (κ3) is 3.46. The van der Waals surface area contributed by atoms with Gasteiger partial charge in [-0.3, -0.25) is 4.79 Å². The molecule has 0 unspecified atom stereocenters. The maximum Gasteiger partial charge on any atom is 0.259 e. The fourth-order valence-electron chi connectivity index (χ4n) is 2.48. The highest BCUT2D eigenvalue weighted by Crippen LogP contribution is 2.30. The Balaban J connectivity index is 1.89. The third-order valence-electron chi connectivity index (χ3n) is 3.98. The van der Waals surface area contributed by atoms with E-state index in [2.05, 4.69) is 45.9 Å². The lowest BCUT2D eigenvalue weighted by Gasteiger charge is -2.08. The van der Waals surface area contributed by atoms with Crippen LogP contribution in [0.3, 0.4) is 0 Å². The zero-order chi connectivity index (χ0) is 17.3. The number of H-pyrrole nitrogens is 2. The molecule has 0 aliphatic rings. The van der Waals surface area contributed by atoms with Gasteiger partial charge < -0.3 is 10.7 Å². The molecule has 24 heavy (non-hydrogen) atoms. The van der Waals surface area contributed by atoms with Gasteiger partial charge in [0.1, 0.15) is 10.7 Å². The number of nitrogens with one attached hydrogen (secondary N) is 2. The van der Waals surface area contributed by atoms with E-state index in [0.717, 1.165) is 28.6 Å². The number of aromatic nitrogens is 5. The molecule has 3 aromatic rings. The van der Waals surface area contributed by atoms with E-state index in [9.17, 15) is 4.79 Å². The highest BCUT2D eigenvalue weighted by Gasteiger charge is 2.17. The molecule has 3 heterocycles. The second-order valence-corrected chi connectivity index (χ2v) is 7.98. The van der Waals surface area contributed by atoms with Crippen molar-refractivity contribution in [3.05, 3.63) is 26.6 Å². The average molecular weight is 365 g/mol. The normalized spacial score (nSPS) is 12.8. The molecular weight excluding hydrogens is 344 g/mol. The van der Waals surface area contributed by atoms with Crippen LogP contribution in [0.25, 0.3) is 10.2 Å². The summed E-state index contributed by atoms with van der Waals surface area (Å²) >= 11 is 2.96. The summed E-state index contributed by atoms with van der Waals surface area (Å²) in [7, 11) is 0. The van der Waals surface area contributed by atoms with Crippen molar-refractivity contribution in [3.63, 3.8) is 0 Å². The van der Waals surface area contributed by atoms with E-state index in [1.807, 2.05) is 0 Å². The molecule has 0 spiro atoms. The largest absolute Gasteiger partial charge is 0.368 e. The number of rotatable bonds is 6. The van der Waals surface area contributed by atoms with Crippen molar-refractivity contribution in [1.29, 1.82) is 0 Å². The Morgan fingerprint density at radius 2 is 2.17 bits per heavy atom. The standard InChI is InChI=1S/C15H20N6OS2/c1-4-7(2)5-9-8(3)24-13-11(9)12(22)17-10(18-13)6-23-15-19-14(16)20-21-15/h7H,4-6H2,1-3H3,(H,17,18,22)(H3,16,19,20,21)/t7-/m0/s1. The molecule has 0 aromatic carbocycles. The summed E-state index contributed by atoms with van der Waals surface area (Å²) in [5.41, 5.74) is 6.58.